The van der Waals surface area contributed by atoms with Crippen molar-refractivity contribution in [2.75, 3.05) is 24.2 Å². The molecule has 5 nitrogen and oxygen atoms in total. The lowest BCUT2D eigenvalue weighted by atomic mass is 10.1. The summed E-state index contributed by atoms with van der Waals surface area (Å²) in [4.78, 5) is 16.3. The number of ether oxygens (including phenoxy) is 1. The molecule has 1 aromatic carbocycles. The van der Waals surface area contributed by atoms with E-state index in [1.54, 1.807) is 30.4 Å². The highest BCUT2D eigenvalue weighted by Crippen LogP contribution is 2.29. The largest absolute Gasteiger partial charge is 0.472 e. The molecule has 4 rings (SSSR count). The Morgan fingerprint density at radius 2 is 2.00 bits per heavy atom. The maximum absolute atomic E-state index is 13.7. The van der Waals surface area contributed by atoms with E-state index in [1.165, 1.54) is 11.0 Å². The Hall–Kier alpha value is -2.41. The Balaban J connectivity index is 1.50. The summed E-state index contributed by atoms with van der Waals surface area (Å²) >= 11 is 1.71. The molecule has 0 bridgehead atoms. The van der Waals surface area contributed by atoms with Crippen LogP contribution in [0.2, 0.25) is 0 Å². The van der Waals surface area contributed by atoms with Gasteiger partial charge in [-0.15, -0.1) is 11.8 Å². The molecule has 0 amide bonds. The molecule has 1 saturated heterocycles. The van der Waals surface area contributed by atoms with E-state index in [2.05, 4.69) is 38.2 Å². The Labute approximate surface area is 155 Å². The monoisotopic (exact) mass is 370 g/mol. The molecule has 0 N–H and O–H groups in total. The van der Waals surface area contributed by atoms with Crippen LogP contribution in [0.15, 0.2) is 47.8 Å². The Morgan fingerprint density at radius 1 is 1.15 bits per heavy atom. The van der Waals surface area contributed by atoms with Gasteiger partial charge in [0.2, 0.25) is 0 Å². The maximum atomic E-state index is 13.7. The third kappa shape index (κ3) is 3.44. The number of benzene rings is 1. The first kappa shape index (κ1) is 17.0. The predicted molar refractivity (Wildman–Crippen MR) is 101 cm³/mol. The number of rotatable bonds is 4. The molecule has 3 aromatic rings. The van der Waals surface area contributed by atoms with Gasteiger partial charge in [0.05, 0.1) is 5.52 Å². The molecule has 0 radical (unpaired) electrons. The number of piperidine rings is 1. The quantitative estimate of drug-likeness (QED) is 0.649. The molecule has 2 aromatic heterocycles. The van der Waals surface area contributed by atoms with Gasteiger partial charge in [-0.2, -0.15) is 0 Å². The zero-order valence-electron chi connectivity index (χ0n) is 14.4. The lowest BCUT2D eigenvalue weighted by Gasteiger charge is -2.33. The smallest absolute Gasteiger partial charge is 0.250 e. The number of hydrogen-bond donors (Lipinski definition) is 0. The summed E-state index contributed by atoms with van der Waals surface area (Å²) in [5.74, 6) is 0.623. The minimum Gasteiger partial charge on any atom is -0.472 e. The van der Waals surface area contributed by atoms with Crippen LogP contribution < -0.4 is 9.64 Å². The highest BCUT2D eigenvalue weighted by Gasteiger charge is 2.24. The molecule has 3 heterocycles. The van der Waals surface area contributed by atoms with Gasteiger partial charge in [0.25, 0.3) is 5.88 Å². The number of nitrogens with zero attached hydrogens (tertiary/aromatic N) is 4. The van der Waals surface area contributed by atoms with Crippen LogP contribution in [0.4, 0.5) is 10.2 Å². The first-order valence-electron chi connectivity index (χ1n) is 8.55. The first-order valence-corrected chi connectivity index (χ1v) is 9.78. The van der Waals surface area contributed by atoms with Crippen molar-refractivity contribution in [1.82, 2.24) is 15.0 Å². The van der Waals surface area contributed by atoms with Crippen molar-refractivity contribution in [3.8, 4) is 5.88 Å². The standard InChI is InChI=1S/C19H19FN4OS/c1-26-14-4-5-17-15(11-14)18(23-12-22-17)24-9-6-13(7-10-24)25-19-16(20)3-2-8-21-19/h2-5,8,11-13H,6-7,9-10H2,1H3. The predicted octanol–water partition coefficient (Wildman–Crippen LogP) is 3.93. The van der Waals surface area contributed by atoms with E-state index in [0.29, 0.717) is 0 Å². The van der Waals surface area contributed by atoms with Crippen molar-refractivity contribution in [3.63, 3.8) is 0 Å². The second-order valence-corrected chi connectivity index (χ2v) is 7.05. The van der Waals surface area contributed by atoms with Gasteiger partial charge in [0.1, 0.15) is 18.2 Å². The zero-order valence-corrected chi connectivity index (χ0v) is 15.2. The van der Waals surface area contributed by atoms with E-state index >= 15 is 0 Å². The molecule has 0 unspecified atom stereocenters. The van der Waals surface area contributed by atoms with Crippen LogP contribution >= 0.6 is 11.8 Å². The highest BCUT2D eigenvalue weighted by molar-refractivity contribution is 7.98. The van der Waals surface area contributed by atoms with Crippen LogP contribution in [0.3, 0.4) is 0 Å². The van der Waals surface area contributed by atoms with Crippen LogP contribution in [-0.4, -0.2) is 40.4 Å². The molecule has 1 aliphatic heterocycles. The van der Waals surface area contributed by atoms with Gasteiger partial charge in [-0.25, -0.2) is 19.3 Å². The van der Waals surface area contributed by atoms with Gasteiger partial charge in [0, 0.05) is 42.4 Å². The van der Waals surface area contributed by atoms with Crippen molar-refractivity contribution in [1.29, 1.82) is 0 Å². The van der Waals surface area contributed by atoms with Crippen molar-refractivity contribution < 1.29 is 9.13 Å². The van der Waals surface area contributed by atoms with Crippen molar-refractivity contribution in [2.24, 2.45) is 0 Å². The van der Waals surface area contributed by atoms with Crippen LogP contribution in [0, 0.1) is 5.82 Å². The van der Waals surface area contributed by atoms with E-state index in [-0.39, 0.29) is 12.0 Å². The lowest BCUT2D eigenvalue weighted by molar-refractivity contribution is 0.156. The van der Waals surface area contributed by atoms with Gasteiger partial charge in [-0.05, 0) is 36.6 Å². The summed E-state index contributed by atoms with van der Waals surface area (Å²) in [5.41, 5.74) is 0.946. The molecule has 1 fully saturated rings. The fraction of sp³-hybridized carbons (Fsp3) is 0.316. The Kier molecular flexibility index (Phi) is 4.88. The minimum atomic E-state index is -0.415. The van der Waals surface area contributed by atoms with E-state index in [4.69, 9.17) is 4.74 Å². The number of fused-ring (bicyclic) bond motifs is 1. The van der Waals surface area contributed by atoms with Gasteiger partial charge >= 0.3 is 0 Å². The SMILES string of the molecule is CSc1ccc2ncnc(N3CCC(Oc4ncccc4F)CC3)c2c1. The number of aromatic nitrogens is 3. The molecule has 0 atom stereocenters. The third-order valence-electron chi connectivity index (χ3n) is 4.57. The minimum absolute atomic E-state index is 0.0366. The number of thioether (sulfide) groups is 1. The summed E-state index contributed by atoms with van der Waals surface area (Å²) in [7, 11) is 0. The van der Waals surface area contributed by atoms with Crippen LogP contribution in [0.1, 0.15) is 12.8 Å². The molecule has 1 aliphatic rings. The number of anilines is 1. The van der Waals surface area contributed by atoms with Crippen molar-refractivity contribution in [2.45, 2.75) is 23.8 Å². The number of halogens is 1. The molecule has 26 heavy (non-hydrogen) atoms. The van der Waals surface area contributed by atoms with Crippen LogP contribution in [0.5, 0.6) is 5.88 Å². The summed E-state index contributed by atoms with van der Waals surface area (Å²) in [6, 6.07) is 9.18. The summed E-state index contributed by atoms with van der Waals surface area (Å²) in [5, 5.41) is 1.06. The molecule has 0 aliphatic carbocycles. The van der Waals surface area contributed by atoms with Crippen molar-refractivity contribution in [3.05, 3.63) is 48.7 Å². The second-order valence-electron chi connectivity index (χ2n) is 6.17. The first-order chi connectivity index (χ1) is 12.7. The maximum Gasteiger partial charge on any atom is 0.250 e. The van der Waals surface area contributed by atoms with Crippen LogP contribution in [0.25, 0.3) is 10.9 Å². The van der Waals surface area contributed by atoms with Gasteiger partial charge in [0.15, 0.2) is 5.82 Å². The second kappa shape index (κ2) is 7.45. The number of pyridine rings is 1. The zero-order chi connectivity index (χ0) is 17.9. The van der Waals surface area contributed by atoms with Gasteiger partial charge in [-0.3, -0.25) is 0 Å². The fourth-order valence-corrected chi connectivity index (χ4v) is 3.64. The Bertz CT molecular complexity index is 915. The topological polar surface area (TPSA) is 51.1 Å². The Morgan fingerprint density at radius 3 is 2.77 bits per heavy atom. The summed E-state index contributed by atoms with van der Waals surface area (Å²) in [6.07, 6.45) is 6.77. The fourth-order valence-electron chi connectivity index (χ4n) is 3.20. The van der Waals surface area contributed by atoms with E-state index in [0.717, 1.165) is 42.7 Å². The molecule has 0 saturated carbocycles. The van der Waals surface area contributed by atoms with E-state index < -0.39 is 5.82 Å². The van der Waals surface area contributed by atoms with Crippen LogP contribution in [-0.2, 0) is 0 Å². The molecular formula is C19H19FN4OS. The normalized spacial score (nSPS) is 15.4. The highest BCUT2D eigenvalue weighted by atomic mass is 32.2. The third-order valence-corrected chi connectivity index (χ3v) is 5.29. The molecule has 134 valence electrons. The van der Waals surface area contributed by atoms with E-state index in [9.17, 15) is 4.39 Å². The number of hydrogen-bond acceptors (Lipinski definition) is 6. The molecular weight excluding hydrogens is 351 g/mol. The van der Waals surface area contributed by atoms with Crippen molar-refractivity contribution >= 4 is 28.5 Å². The van der Waals surface area contributed by atoms with Gasteiger partial charge < -0.3 is 9.64 Å². The average Bonchev–Trinajstić information content (AvgIpc) is 2.69. The lowest BCUT2D eigenvalue weighted by Crippen LogP contribution is -2.39. The van der Waals surface area contributed by atoms with E-state index in [1.807, 2.05) is 6.07 Å². The van der Waals surface area contributed by atoms with Gasteiger partial charge in [-0.1, -0.05) is 0 Å². The average molecular weight is 370 g/mol. The molecule has 0 spiro atoms. The summed E-state index contributed by atoms with van der Waals surface area (Å²) in [6.45, 7) is 1.60. The molecule has 7 heteroatoms. The summed E-state index contributed by atoms with van der Waals surface area (Å²) < 4.78 is 19.5.